The lowest BCUT2D eigenvalue weighted by Crippen LogP contribution is -2.09. The van der Waals surface area contributed by atoms with E-state index in [0.29, 0.717) is 6.04 Å². The van der Waals surface area contributed by atoms with Gasteiger partial charge in [-0.15, -0.1) is 0 Å². The van der Waals surface area contributed by atoms with Crippen LogP contribution in [0.5, 0.6) is 0 Å². The Labute approximate surface area is 125 Å². The number of aromatic nitrogens is 1. The number of hydrogen-bond donors (Lipinski definition) is 1. The van der Waals surface area contributed by atoms with E-state index >= 15 is 0 Å². The van der Waals surface area contributed by atoms with E-state index in [1.54, 1.807) is 0 Å². The number of benzene rings is 2. The Morgan fingerprint density at radius 1 is 1.05 bits per heavy atom. The van der Waals surface area contributed by atoms with Gasteiger partial charge in [0.2, 0.25) is 0 Å². The van der Waals surface area contributed by atoms with Crippen molar-refractivity contribution in [3.63, 3.8) is 0 Å². The van der Waals surface area contributed by atoms with E-state index in [4.69, 9.17) is 0 Å². The van der Waals surface area contributed by atoms with Crippen LogP contribution in [0, 0.1) is 6.92 Å². The normalized spacial score (nSPS) is 12.3. The highest BCUT2D eigenvalue weighted by Gasteiger charge is 2.10. The molecule has 1 heterocycles. The average molecular weight is 276 g/mol. The Hall–Kier alpha value is -2.35. The maximum absolute atomic E-state index is 4.19. The predicted octanol–water partition coefficient (Wildman–Crippen LogP) is 5.11. The van der Waals surface area contributed by atoms with Crippen molar-refractivity contribution in [2.45, 2.75) is 26.3 Å². The van der Waals surface area contributed by atoms with E-state index in [1.165, 1.54) is 27.6 Å². The molecule has 2 nitrogen and oxygen atoms in total. The van der Waals surface area contributed by atoms with E-state index in [0.717, 1.165) is 6.42 Å². The van der Waals surface area contributed by atoms with Gasteiger partial charge in [0.25, 0.3) is 0 Å². The number of pyridine rings is 1. The molecule has 106 valence electrons. The van der Waals surface area contributed by atoms with Crippen LogP contribution in [0.1, 0.15) is 30.5 Å². The number of fused-ring (bicyclic) bond motifs is 1. The Bertz CT molecular complexity index is 727. The van der Waals surface area contributed by atoms with Crippen LogP contribution in [0.15, 0.2) is 60.9 Å². The van der Waals surface area contributed by atoms with Gasteiger partial charge in [-0.2, -0.15) is 0 Å². The minimum Gasteiger partial charge on any atom is -0.378 e. The fourth-order valence-corrected chi connectivity index (χ4v) is 2.66. The first-order chi connectivity index (χ1) is 10.3. The average Bonchev–Trinajstić information content (AvgIpc) is 2.54. The molecule has 2 aromatic carbocycles. The van der Waals surface area contributed by atoms with E-state index in [-0.39, 0.29) is 0 Å². The molecule has 1 N–H and O–H groups in total. The lowest BCUT2D eigenvalue weighted by Gasteiger charge is -2.20. The quantitative estimate of drug-likeness (QED) is 0.716. The van der Waals surface area contributed by atoms with Gasteiger partial charge in [-0.05, 0) is 31.0 Å². The first-order valence-corrected chi connectivity index (χ1v) is 7.44. The van der Waals surface area contributed by atoms with Gasteiger partial charge in [0.1, 0.15) is 0 Å². The molecule has 1 aromatic heterocycles. The molecule has 3 aromatic rings. The number of aryl methyl sites for hydroxylation is 1. The van der Waals surface area contributed by atoms with Gasteiger partial charge >= 0.3 is 0 Å². The number of nitrogens with zero attached hydrogens (tertiary/aromatic N) is 1. The molecule has 0 bridgehead atoms. The zero-order chi connectivity index (χ0) is 14.7. The van der Waals surface area contributed by atoms with Crippen molar-refractivity contribution in [2.24, 2.45) is 0 Å². The monoisotopic (exact) mass is 276 g/mol. The first kappa shape index (κ1) is 13.6. The van der Waals surface area contributed by atoms with Gasteiger partial charge in [0, 0.05) is 28.9 Å². The van der Waals surface area contributed by atoms with Crippen molar-refractivity contribution in [3.05, 3.63) is 72.1 Å². The summed E-state index contributed by atoms with van der Waals surface area (Å²) in [6.45, 7) is 4.33. The summed E-state index contributed by atoms with van der Waals surface area (Å²) in [6.07, 6.45) is 4.80. The van der Waals surface area contributed by atoms with Gasteiger partial charge < -0.3 is 5.32 Å². The summed E-state index contributed by atoms with van der Waals surface area (Å²) in [6, 6.07) is 17.5. The van der Waals surface area contributed by atoms with Crippen LogP contribution in [0.2, 0.25) is 0 Å². The Balaban J connectivity index is 1.94. The summed E-state index contributed by atoms with van der Waals surface area (Å²) in [7, 11) is 0. The summed E-state index contributed by atoms with van der Waals surface area (Å²) in [4.78, 5) is 4.19. The molecule has 0 saturated heterocycles. The fraction of sp³-hybridized carbons (Fsp3) is 0.211. The molecule has 2 heteroatoms. The van der Waals surface area contributed by atoms with Crippen LogP contribution in [-0.4, -0.2) is 4.98 Å². The van der Waals surface area contributed by atoms with Gasteiger partial charge in [-0.1, -0.05) is 48.9 Å². The highest BCUT2D eigenvalue weighted by Crippen LogP contribution is 2.28. The standard InChI is InChI=1S/C19H20N2/c1-3-18(15-9-7-14(2)8-10-15)21-19-6-4-5-16-13-20-12-11-17(16)19/h4-13,18,21H,3H2,1-2H3. The molecular weight excluding hydrogens is 256 g/mol. The lowest BCUT2D eigenvalue weighted by molar-refractivity contribution is 0.750. The van der Waals surface area contributed by atoms with Crippen molar-refractivity contribution < 1.29 is 0 Å². The second-order valence-electron chi connectivity index (χ2n) is 5.42. The van der Waals surface area contributed by atoms with Crippen LogP contribution in [0.3, 0.4) is 0 Å². The molecule has 0 fully saturated rings. The molecule has 0 amide bonds. The maximum Gasteiger partial charge on any atom is 0.0511 e. The van der Waals surface area contributed by atoms with E-state index in [2.05, 4.69) is 72.7 Å². The molecule has 1 atom stereocenters. The highest BCUT2D eigenvalue weighted by atomic mass is 14.9. The Morgan fingerprint density at radius 2 is 1.86 bits per heavy atom. The Kier molecular flexibility index (Phi) is 3.87. The molecule has 0 spiro atoms. The molecule has 0 aliphatic carbocycles. The van der Waals surface area contributed by atoms with Crippen molar-refractivity contribution in [3.8, 4) is 0 Å². The second-order valence-corrected chi connectivity index (χ2v) is 5.42. The smallest absolute Gasteiger partial charge is 0.0511 e. The molecular formula is C19H20N2. The summed E-state index contributed by atoms with van der Waals surface area (Å²) in [5.41, 5.74) is 3.79. The third-order valence-electron chi connectivity index (χ3n) is 3.90. The number of rotatable bonds is 4. The van der Waals surface area contributed by atoms with Gasteiger partial charge in [0.05, 0.1) is 6.04 Å². The topological polar surface area (TPSA) is 24.9 Å². The predicted molar refractivity (Wildman–Crippen MR) is 89.6 cm³/mol. The minimum absolute atomic E-state index is 0.323. The summed E-state index contributed by atoms with van der Waals surface area (Å²) >= 11 is 0. The molecule has 0 aliphatic rings. The van der Waals surface area contributed by atoms with E-state index in [9.17, 15) is 0 Å². The molecule has 1 unspecified atom stereocenters. The number of anilines is 1. The summed E-state index contributed by atoms with van der Waals surface area (Å²) < 4.78 is 0. The second kappa shape index (κ2) is 5.96. The van der Waals surface area contributed by atoms with Crippen LogP contribution in [0.25, 0.3) is 10.8 Å². The van der Waals surface area contributed by atoms with Crippen LogP contribution in [0.4, 0.5) is 5.69 Å². The SMILES string of the molecule is CCC(Nc1cccc2cnccc12)c1ccc(C)cc1. The lowest BCUT2D eigenvalue weighted by atomic mass is 10.0. The third kappa shape index (κ3) is 2.89. The minimum atomic E-state index is 0.323. The van der Waals surface area contributed by atoms with Crippen molar-refractivity contribution in [1.82, 2.24) is 4.98 Å². The Morgan fingerprint density at radius 3 is 2.62 bits per heavy atom. The van der Waals surface area contributed by atoms with Crippen molar-refractivity contribution in [2.75, 3.05) is 5.32 Å². The highest BCUT2D eigenvalue weighted by molar-refractivity contribution is 5.93. The van der Waals surface area contributed by atoms with Crippen LogP contribution in [-0.2, 0) is 0 Å². The van der Waals surface area contributed by atoms with Crippen LogP contribution >= 0.6 is 0 Å². The zero-order valence-electron chi connectivity index (χ0n) is 12.5. The van der Waals surface area contributed by atoms with E-state index < -0.39 is 0 Å². The molecule has 3 rings (SSSR count). The van der Waals surface area contributed by atoms with Crippen molar-refractivity contribution >= 4 is 16.5 Å². The van der Waals surface area contributed by atoms with Crippen molar-refractivity contribution in [1.29, 1.82) is 0 Å². The molecule has 21 heavy (non-hydrogen) atoms. The summed E-state index contributed by atoms with van der Waals surface area (Å²) in [5.74, 6) is 0. The summed E-state index contributed by atoms with van der Waals surface area (Å²) in [5, 5.41) is 6.07. The molecule has 0 radical (unpaired) electrons. The third-order valence-corrected chi connectivity index (χ3v) is 3.90. The fourth-order valence-electron chi connectivity index (χ4n) is 2.66. The maximum atomic E-state index is 4.19. The van der Waals surface area contributed by atoms with Gasteiger partial charge in [-0.25, -0.2) is 0 Å². The zero-order valence-corrected chi connectivity index (χ0v) is 12.5. The largest absolute Gasteiger partial charge is 0.378 e. The molecule has 0 saturated carbocycles. The first-order valence-electron chi connectivity index (χ1n) is 7.44. The van der Waals surface area contributed by atoms with E-state index in [1.807, 2.05) is 12.4 Å². The number of hydrogen-bond acceptors (Lipinski definition) is 2. The van der Waals surface area contributed by atoms with Crippen LogP contribution < -0.4 is 5.32 Å². The molecule has 0 aliphatic heterocycles. The van der Waals surface area contributed by atoms with Gasteiger partial charge in [0.15, 0.2) is 0 Å². The number of nitrogens with one attached hydrogen (secondary N) is 1. The van der Waals surface area contributed by atoms with Gasteiger partial charge in [-0.3, -0.25) is 4.98 Å².